The van der Waals surface area contributed by atoms with Gasteiger partial charge >= 0.3 is 5.97 Å². The van der Waals surface area contributed by atoms with Crippen molar-refractivity contribution in [2.24, 2.45) is 0 Å². The molecule has 2 fully saturated rings. The first-order chi connectivity index (χ1) is 21.4. The third-order valence-electron chi connectivity index (χ3n) is 7.97. The van der Waals surface area contributed by atoms with Gasteiger partial charge in [0, 0.05) is 35.9 Å². The molecule has 44 heavy (non-hydrogen) atoms. The third kappa shape index (κ3) is 6.62. The lowest BCUT2D eigenvalue weighted by molar-refractivity contribution is -0.122. The Kier molecular flexibility index (Phi) is 8.92. The van der Waals surface area contributed by atoms with Gasteiger partial charge in [-0.15, -0.1) is 0 Å². The van der Waals surface area contributed by atoms with Crippen LogP contribution >= 0.6 is 24.0 Å². The lowest BCUT2D eigenvalue weighted by atomic mass is 10.00. The van der Waals surface area contributed by atoms with E-state index in [2.05, 4.69) is 9.88 Å². The first kappa shape index (κ1) is 29.8. The van der Waals surface area contributed by atoms with Crippen molar-refractivity contribution in [2.45, 2.75) is 19.3 Å². The number of benzene rings is 3. The van der Waals surface area contributed by atoms with Gasteiger partial charge in [-0.25, -0.2) is 4.79 Å². The van der Waals surface area contributed by atoms with Gasteiger partial charge in [0.25, 0.3) is 5.91 Å². The number of nitrogen functional groups attached to an aromatic ring is 1. The topological polar surface area (TPSA) is 109 Å². The molecule has 1 aromatic heterocycles. The van der Waals surface area contributed by atoms with Crippen LogP contribution in [-0.2, 0) is 11.2 Å². The lowest BCUT2D eigenvalue weighted by Crippen LogP contribution is -2.30. The smallest absolute Gasteiger partial charge is 0.335 e. The van der Waals surface area contributed by atoms with E-state index in [1.165, 1.54) is 24.6 Å². The highest BCUT2D eigenvalue weighted by molar-refractivity contribution is 8.26. The summed E-state index contributed by atoms with van der Waals surface area (Å²) >= 11 is 6.88. The van der Waals surface area contributed by atoms with Crippen LogP contribution in [0.2, 0.25) is 0 Å². The van der Waals surface area contributed by atoms with Crippen LogP contribution in [0.3, 0.4) is 0 Å². The fourth-order valence-electron chi connectivity index (χ4n) is 5.50. The first-order valence-corrected chi connectivity index (χ1v) is 15.8. The van der Waals surface area contributed by atoms with Crippen molar-refractivity contribution in [3.05, 3.63) is 94.5 Å². The largest absolute Gasteiger partial charge is 0.492 e. The van der Waals surface area contributed by atoms with Crippen LogP contribution in [-0.4, -0.2) is 68.9 Å². The number of anilines is 1. The Morgan fingerprint density at radius 2 is 1.77 bits per heavy atom. The molecule has 3 heterocycles. The molecule has 0 saturated carbocycles. The zero-order valence-corrected chi connectivity index (χ0v) is 25.7. The number of nitrogens with zero attached hydrogens (tertiary/aromatic N) is 3. The summed E-state index contributed by atoms with van der Waals surface area (Å²) in [5.41, 5.74) is 11.6. The standard InChI is InChI=1S/C34H32N4O4S2/c35-28-11-13-36-29-9-7-25(20-27(28)29)24-8-10-30(42-18-17-37-14-1-2-15-37)26(19-24)21-31-32(39)38(34(43)44-31)16-12-22-3-5-23(6-4-22)33(40)41/h3-11,13,19-21H,1-2,12,14-18H2,(H2,35,36)(H,40,41). The summed E-state index contributed by atoms with van der Waals surface area (Å²) in [6.07, 6.45) is 6.57. The van der Waals surface area contributed by atoms with Crippen LogP contribution in [0.5, 0.6) is 5.75 Å². The highest BCUT2D eigenvalue weighted by Gasteiger charge is 2.32. The second-order valence-electron chi connectivity index (χ2n) is 10.9. The summed E-state index contributed by atoms with van der Waals surface area (Å²) < 4.78 is 6.78. The van der Waals surface area contributed by atoms with Crippen molar-refractivity contribution < 1.29 is 19.4 Å². The van der Waals surface area contributed by atoms with Gasteiger partial charge in [0.05, 0.1) is 16.0 Å². The van der Waals surface area contributed by atoms with Crippen molar-refractivity contribution >= 4 is 62.8 Å². The lowest BCUT2D eigenvalue weighted by Gasteiger charge is -2.17. The summed E-state index contributed by atoms with van der Waals surface area (Å²) in [6.45, 7) is 4.01. The molecule has 3 aromatic carbocycles. The maximum absolute atomic E-state index is 13.5. The van der Waals surface area contributed by atoms with E-state index in [1.54, 1.807) is 41.4 Å². The number of carboxylic acid groups (broad SMARTS) is 1. The van der Waals surface area contributed by atoms with Gasteiger partial charge in [-0.05, 0) is 97.6 Å². The van der Waals surface area contributed by atoms with Gasteiger partial charge in [-0.2, -0.15) is 0 Å². The van der Waals surface area contributed by atoms with Crippen LogP contribution < -0.4 is 10.5 Å². The van der Waals surface area contributed by atoms with Crippen LogP contribution in [0.25, 0.3) is 28.1 Å². The van der Waals surface area contributed by atoms with Crippen molar-refractivity contribution in [2.75, 3.05) is 38.5 Å². The van der Waals surface area contributed by atoms with E-state index in [4.69, 9.17) is 27.8 Å². The molecule has 2 aliphatic heterocycles. The van der Waals surface area contributed by atoms with E-state index in [1.807, 2.05) is 42.5 Å². The number of pyridine rings is 1. The average Bonchev–Trinajstić information content (AvgIpc) is 3.64. The third-order valence-corrected chi connectivity index (χ3v) is 9.35. The summed E-state index contributed by atoms with van der Waals surface area (Å²) in [5.74, 6) is -0.414. The van der Waals surface area contributed by atoms with Gasteiger partial charge in [-0.1, -0.05) is 48.2 Å². The molecule has 0 spiro atoms. The second kappa shape index (κ2) is 13.2. The van der Waals surface area contributed by atoms with Crippen molar-refractivity contribution in [3.63, 3.8) is 0 Å². The number of fused-ring (bicyclic) bond motifs is 1. The van der Waals surface area contributed by atoms with E-state index in [0.29, 0.717) is 40.2 Å². The zero-order valence-electron chi connectivity index (χ0n) is 24.1. The number of hydrogen-bond acceptors (Lipinski definition) is 8. The van der Waals surface area contributed by atoms with E-state index < -0.39 is 5.97 Å². The molecule has 0 unspecified atom stereocenters. The molecule has 224 valence electrons. The summed E-state index contributed by atoms with van der Waals surface area (Å²) in [6, 6.07) is 20.5. The number of carbonyl (C=O) groups excluding carboxylic acids is 1. The molecule has 0 bridgehead atoms. The van der Waals surface area contributed by atoms with Crippen LogP contribution in [0.4, 0.5) is 5.69 Å². The molecular formula is C34H32N4O4S2. The Balaban J connectivity index is 1.25. The molecule has 10 heteroatoms. The van der Waals surface area contributed by atoms with Crippen LogP contribution in [0, 0.1) is 0 Å². The van der Waals surface area contributed by atoms with E-state index >= 15 is 0 Å². The minimum atomic E-state index is -0.969. The molecule has 2 aliphatic rings. The summed E-state index contributed by atoms with van der Waals surface area (Å²) in [7, 11) is 0. The predicted octanol–water partition coefficient (Wildman–Crippen LogP) is 6.10. The SMILES string of the molecule is Nc1ccnc2ccc(-c3ccc(OCCN4CCCC4)c(C=C4SC(=S)N(CCc5ccc(C(=O)O)cc5)C4=O)c3)cc12. The number of aromatic carboxylic acids is 1. The maximum atomic E-state index is 13.5. The minimum Gasteiger partial charge on any atom is -0.492 e. The number of likely N-dealkylation sites (tertiary alicyclic amines) is 1. The predicted molar refractivity (Wildman–Crippen MR) is 180 cm³/mol. The van der Waals surface area contributed by atoms with E-state index in [-0.39, 0.29) is 11.5 Å². The number of aromatic nitrogens is 1. The van der Waals surface area contributed by atoms with E-state index in [0.717, 1.165) is 52.8 Å². The van der Waals surface area contributed by atoms with Crippen LogP contribution in [0.1, 0.15) is 34.3 Å². The molecule has 0 atom stereocenters. The Morgan fingerprint density at radius 3 is 2.55 bits per heavy atom. The van der Waals surface area contributed by atoms with Gasteiger partial charge < -0.3 is 15.6 Å². The number of ether oxygens (including phenoxy) is 1. The summed E-state index contributed by atoms with van der Waals surface area (Å²) in [4.78, 5) is 33.6. The maximum Gasteiger partial charge on any atom is 0.335 e. The minimum absolute atomic E-state index is 0.153. The van der Waals surface area contributed by atoms with Crippen molar-refractivity contribution in [3.8, 4) is 16.9 Å². The second-order valence-corrected chi connectivity index (χ2v) is 12.5. The van der Waals surface area contributed by atoms with Crippen molar-refractivity contribution in [1.82, 2.24) is 14.8 Å². The molecule has 3 N–H and O–H groups in total. The Labute approximate surface area is 265 Å². The number of nitrogens with two attached hydrogens (primary N) is 1. The summed E-state index contributed by atoms with van der Waals surface area (Å²) in [5, 5.41) is 10.0. The zero-order chi connectivity index (χ0) is 30.6. The van der Waals surface area contributed by atoms with Gasteiger partial charge in [0.1, 0.15) is 16.7 Å². The molecule has 2 saturated heterocycles. The molecule has 4 aromatic rings. The Bertz CT molecular complexity index is 1770. The Hall–Kier alpha value is -4.25. The number of rotatable bonds is 10. The van der Waals surface area contributed by atoms with Gasteiger partial charge in [-0.3, -0.25) is 19.6 Å². The Morgan fingerprint density at radius 1 is 1.02 bits per heavy atom. The quantitative estimate of drug-likeness (QED) is 0.160. The van der Waals surface area contributed by atoms with Crippen molar-refractivity contribution in [1.29, 1.82) is 0 Å². The number of thiocarbonyl (C=S) groups is 1. The molecule has 6 rings (SSSR count). The first-order valence-electron chi connectivity index (χ1n) is 14.6. The normalized spacial score (nSPS) is 16.4. The van der Waals surface area contributed by atoms with E-state index in [9.17, 15) is 9.59 Å². The van der Waals surface area contributed by atoms with Crippen LogP contribution in [0.15, 0.2) is 77.8 Å². The number of carboxylic acids is 1. The number of amides is 1. The van der Waals surface area contributed by atoms with Gasteiger partial charge in [0.2, 0.25) is 0 Å². The fourth-order valence-corrected chi connectivity index (χ4v) is 6.80. The highest BCUT2D eigenvalue weighted by Crippen LogP contribution is 2.36. The average molecular weight is 625 g/mol. The molecular weight excluding hydrogens is 593 g/mol. The fraction of sp³-hybridized carbons (Fsp3) is 0.235. The number of carbonyl (C=O) groups is 2. The highest BCUT2D eigenvalue weighted by atomic mass is 32.2. The number of thioether (sulfide) groups is 1. The monoisotopic (exact) mass is 624 g/mol. The molecule has 1 amide bonds. The molecule has 8 nitrogen and oxygen atoms in total. The number of hydrogen-bond donors (Lipinski definition) is 2. The van der Waals surface area contributed by atoms with Gasteiger partial charge in [0.15, 0.2) is 0 Å². The molecule has 0 aliphatic carbocycles. The molecule has 0 radical (unpaired) electrons.